The second kappa shape index (κ2) is 7.81. The molecular weight excluding hydrogens is 382 g/mol. The van der Waals surface area contributed by atoms with Crippen LogP contribution in [0.5, 0.6) is 0 Å². The van der Waals surface area contributed by atoms with Crippen LogP contribution in [-0.2, 0) is 19.9 Å². The van der Waals surface area contributed by atoms with E-state index in [0.717, 1.165) is 4.88 Å². The molecule has 1 atom stereocenters. The number of carbonyl (C=O) groups excluding carboxylic acids is 4. The molecule has 0 aliphatic carbocycles. The van der Waals surface area contributed by atoms with Crippen LogP contribution >= 0.6 is 11.3 Å². The van der Waals surface area contributed by atoms with Gasteiger partial charge in [-0.3, -0.25) is 15.0 Å². The number of hydrogen-bond donors (Lipinski definition) is 2. The zero-order valence-corrected chi connectivity index (χ0v) is 16.2. The lowest BCUT2D eigenvalue weighted by Gasteiger charge is -2.25. The molecule has 1 aromatic carbocycles. The summed E-state index contributed by atoms with van der Waals surface area (Å²) in [5.41, 5.74) is 1.57. The van der Waals surface area contributed by atoms with Gasteiger partial charge >= 0.3 is 12.0 Å². The van der Waals surface area contributed by atoms with Crippen molar-refractivity contribution in [3.63, 3.8) is 0 Å². The minimum atomic E-state index is -1.25. The van der Waals surface area contributed by atoms with E-state index in [-0.39, 0.29) is 0 Å². The first-order valence-electron chi connectivity index (χ1n) is 8.62. The molecule has 2 aromatic rings. The molecule has 2 N–H and O–H groups in total. The molecule has 0 unspecified atom stereocenters. The number of hydrazine groups is 1. The fraction of sp³-hybridized carbons (Fsp3) is 0.263. The molecule has 2 heterocycles. The molecule has 4 amide bonds. The molecule has 0 spiro atoms. The van der Waals surface area contributed by atoms with E-state index in [1.807, 2.05) is 6.92 Å². The predicted octanol–water partition coefficient (Wildman–Crippen LogP) is 2.10. The molecule has 0 radical (unpaired) electrons. The van der Waals surface area contributed by atoms with Crippen LogP contribution in [0.3, 0.4) is 0 Å². The number of esters is 1. The molecular formula is C19H19N3O5S. The number of urea groups is 1. The summed E-state index contributed by atoms with van der Waals surface area (Å²) >= 11 is 1.25. The van der Waals surface area contributed by atoms with E-state index in [0.29, 0.717) is 21.9 Å². The normalized spacial score (nSPS) is 18.7. The number of benzene rings is 1. The number of amides is 4. The van der Waals surface area contributed by atoms with Crippen LogP contribution in [0.1, 0.15) is 33.5 Å². The summed E-state index contributed by atoms with van der Waals surface area (Å²) in [5.74, 6) is -2.03. The highest BCUT2D eigenvalue weighted by atomic mass is 32.1. The number of ether oxygens (including phenoxy) is 1. The number of thiophene rings is 1. The summed E-state index contributed by atoms with van der Waals surface area (Å²) < 4.78 is 4.94. The highest BCUT2D eigenvalue weighted by molar-refractivity contribution is 7.13. The van der Waals surface area contributed by atoms with Crippen LogP contribution in [0, 0.1) is 6.92 Å². The summed E-state index contributed by atoms with van der Waals surface area (Å²) in [5, 5.41) is 3.28. The highest BCUT2D eigenvalue weighted by Crippen LogP contribution is 2.31. The van der Waals surface area contributed by atoms with Crippen molar-refractivity contribution in [3.8, 4) is 0 Å². The fourth-order valence-corrected chi connectivity index (χ4v) is 3.70. The number of hydrogen-bond acceptors (Lipinski definition) is 6. The maximum atomic E-state index is 12.9. The van der Waals surface area contributed by atoms with Crippen molar-refractivity contribution in [2.45, 2.75) is 25.8 Å². The molecule has 8 nitrogen and oxygen atoms in total. The zero-order valence-electron chi connectivity index (χ0n) is 15.4. The molecule has 1 aliphatic rings. The van der Waals surface area contributed by atoms with Gasteiger partial charge in [-0.25, -0.2) is 9.59 Å². The molecule has 1 aromatic heterocycles. The first-order chi connectivity index (χ1) is 13.4. The van der Waals surface area contributed by atoms with Gasteiger partial charge in [-0.2, -0.15) is 5.01 Å². The lowest BCUT2D eigenvalue weighted by Crippen LogP contribution is -2.49. The molecule has 1 saturated heterocycles. The van der Waals surface area contributed by atoms with E-state index in [1.165, 1.54) is 11.3 Å². The Morgan fingerprint density at radius 2 is 1.89 bits per heavy atom. The van der Waals surface area contributed by atoms with Crippen molar-refractivity contribution >= 4 is 35.2 Å². The average molecular weight is 401 g/mol. The van der Waals surface area contributed by atoms with Crippen molar-refractivity contribution in [2.24, 2.45) is 0 Å². The van der Waals surface area contributed by atoms with Gasteiger partial charge in [-0.15, -0.1) is 11.3 Å². The predicted molar refractivity (Wildman–Crippen MR) is 101 cm³/mol. The monoisotopic (exact) mass is 401 g/mol. The van der Waals surface area contributed by atoms with Crippen molar-refractivity contribution in [1.29, 1.82) is 0 Å². The molecule has 0 saturated carbocycles. The minimum absolute atomic E-state index is 0.306. The van der Waals surface area contributed by atoms with Gasteiger partial charge < -0.3 is 10.1 Å². The second-order valence-electron chi connectivity index (χ2n) is 6.22. The first kappa shape index (κ1) is 19.6. The zero-order chi connectivity index (χ0) is 20.3. The Labute approximate surface area is 165 Å². The van der Waals surface area contributed by atoms with Gasteiger partial charge in [0.05, 0.1) is 0 Å². The van der Waals surface area contributed by atoms with Crippen molar-refractivity contribution in [3.05, 3.63) is 57.8 Å². The van der Waals surface area contributed by atoms with E-state index in [1.54, 1.807) is 49.4 Å². The quantitative estimate of drug-likeness (QED) is 0.570. The molecule has 3 rings (SSSR count). The first-order valence-corrected chi connectivity index (χ1v) is 9.44. The maximum Gasteiger partial charge on any atom is 0.348 e. The van der Waals surface area contributed by atoms with E-state index < -0.39 is 36.0 Å². The lowest BCUT2D eigenvalue weighted by molar-refractivity contribution is -0.140. The Morgan fingerprint density at radius 3 is 2.50 bits per heavy atom. The van der Waals surface area contributed by atoms with Gasteiger partial charge in [0, 0.05) is 4.88 Å². The third kappa shape index (κ3) is 3.61. The molecule has 28 heavy (non-hydrogen) atoms. The third-order valence-electron chi connectivity index (χ3n) is 4.40. The summed E-state index contributed by atoms with van der Waals surface area (Å²) in [6, 6.07) is 11.4. The maximum absolute atomic E-state index is 12.9. The van der Waals surface area contributed by atoms with Crippen molar-refractivity contribution < 1.29 is 23.9 Å². The Balaban J connectivity index is 1.65. The Kier molecular flexibility index (Phi) is 5.46. The van der Waals surface area contributed by atoms with Crippen molar-refractivity contribution in [1.82, 2.24) is 15.8 Å². The molecule has 1 fully saturated rings. The number of imide groups is 1. The van der Waals surface area contributed by atoms with Gasteiger partial charge in [0.15, 0.2) is 6.61 Å². The summed E-state index contributed by atoms with van der Waals surface area (Å²) in [6.07, 6.45) is 0.306. The van der Waals surface area contributed by atoms with Crippen LogP contribution < -0.4 is 10.7 Å². The van der Waals surface area contributed by atoms with Gasteiger partial charge in [0.1, 0.15) is 10.4 Å². The van der Waals surface area contributed by atoms with Crippen LogP contribution in [-0.4, -0.2) is 35.4 Å². The lowest BCUT2D eigenvalue weighted by atomic mass is 9.87. The van der Waals surface area contributed by atoms with Crippen LogP contribution in [0.4, 0.5) is 4.79 Å². The number of rotatable bonds is 6. The average Bonchev–Trinajstić information content (AvgIpc) is 3.24. The van der Waals surface area contributed by atoms with Gasteiger partial charge in [-0.05, 0) is 31.0 Å². The standard InChI is InChI=1S/C19H19N3O5S/c1-3-19(13-7-5-4-6-8-13)17(25)22(18(26)20-19)21-15(23)11-27-16(24)14-10-9-12(2)28-14/h4-10H,3,11H2,1-2H3,(H,20,26)(H,21,23)/t19-/m1/s1. The molecule has 146 valence electrons. The van der Waals surface area contributed by atoms with Gasteiger partial charge in [0.25, 0.3) is 11.8 Å². The fourth-order valence-electron chi connectivity index (χ4n) is 2.94. The van der Waals surface area contributed by atoms with Gasteiger partial charge in [0.2, 0.25) is 0 Å². The van der Waals surface area contributed by atoms with Crippen molar-refractivity contribution in [2.75, 3.05) is 6.61 Å². The smallest absolute Gasteiger partial charge is 0.348 e. The summed E-state index contributed by atoms with van der Waals surface area (Å²) in [7, 11) is 0. The number of carbonyl (C=O) groups is 4. The Morgan fingerprint density at radius 1 is 1.18 bits per heavy atom. The number of aryl methyl sites for hydroxylation is 1. The molecule has 0 bridgehead atoms. The van der Waals surface area contributed by atoms with Crippen LogP contribution in [0.15, 0.2) is 42.5 Å². The molecule has 9 heteroatoms. The number of nitrogens with one attached hydrogen (secondary N) is 2. The van der Waals surface area contributed by atoms with E-state index in [2.05, 4.69) is 10.7 Å². The van der Waals surface area contributed by atoms with Crippen LogP contribution in [0.2, 0.25) is 0 Å². The largest absolute Gasteiger partial charge is 0.451 e. The summed E-state index contributed by atoms with van der Waals surface area (Å²) in [4.78, 5) is 50.5. The van der Waals surface area contributed by atoms with E-state index >= 15 is 0 Å². The Bertz CT molecular complexity index is 927. The third-order valence-corrected chi connectivity index (χ3v) is 5.38. The number of nitrogens with zero attached hydrogens (tertiary/aromatic N) is 1. The SMILES string of the molecule is CC[C@]1(c2ccccc2)NC(=O)N(NC(=O)COC(=O)c2ccc(C)s2)C1=O. The van der Waals surface area contributed by atoms with Crippen LogP contribution in [0.25, 0.3) is 0 Å². The van der Waals surface area contributed by atoms with Gasteiger partial charge in [-0.1, -0.05) is 37.3 Å². The molecule has 1 aliphatic heterocycles. The second-order valence-corrected chi connectivity index (χ2v) is 7.50. The topological polar surface area (TPSA) is 105 Å². The van der Waals surface area contributed by atoms with E-state index in [4.69, 9.17) is 4.74 Å². The summed E-state index contributed by atoms with van der Waals surface area (Å²) in [6.45, 7) is 3.00. The minimum Gasteiger partial charge on any atom is -0.451 e. The highest BCUT2D eigenvalue weighted by Gasteiger charge is 2.52. The van der Waals surface area contributed by atoms with E-state index in [9.17, 15) is 19.2 Å². The Hall–Kier alpha value is -3.20.